The van der Waals surface area contributed by atoms with E-state index >= 15 is 0 Å². The van der Waals surface area contributed by atoms with Crippen LogP contribution < -0.4 is 10.6 Å². The second-order valence-electron chi connectivity index (χ2n) is 4.07. The number of anilines is 3. The number of rotatable bonds is 4. The Labute approximate surface area is 112 Å². The van der Waals surface area contributed by atoms with Gasteiger partial charge in [0, 0.05) is 24.0 Å². The topological polar surface area (TPSA) is 73.6 Å². The second-order valence-corrected chi connectivity index (χ2v) is 4.07. The maximum absolute atomic E-state index is 8.88. The Morgan fingerprint density at radius 2 is 2.21 bits per heavy atom. The predicted octanol–water partition coefficient (Wildman–Crippen LogP) is 2.83. The van der Waals surface area contributed by atoms with Crippen molar-refractivity contribution < 1.29 is 0 Å². The Morgan fingerprint density at radius 3 is 2.95 bits per heavy atom. The highest BCUT2D eigenvalue weighted by molar-refractivity contribution is 5.61. The highest BCUT2D eigenvalue weighted by atomic mass is 15.1. The van der Waals surface area contributed by atoms with E-state index in [1.54, 1.807) is 18.3 Å². The zero-order valence-electron chi connectivity index (χ0n) is 10.9. The molecule has 0 atom stereocenters. The van der Waals surface area contributed by atoms with Crippen LogP contribution in [0.5, 0.6) is 0 Å². The van der Waals surface area contributed by atoms with Crippen LogP contribution in [0.15, 0.2) is 30.5 Å². The van der Waals surface area contributed by atoms with Crippen molar-refractivity contribution in [2.24, 2.45) is 0 Å². The number of nitrogens with zero attached hydrogens (tertiary/aromatic N) is 3. The number of nitriles is 1. The SMILES string of the molecule is CCNc1ncc(C)c(Nc2cccc(C#N)c2)n1. The average Bonchev–Trinajstić information content (AvgIpc) is 2.43. The number of aromatic nitrogens is 2. The lowest BCUT2D eigenvalue weighted by atomic mass is 10.2. The largest absolute Gasteiger partial charge is 0.354 e. The van der Waals surface area contributed by atoms with Gasteiger partial charge in [-0.15, -0.1) is 0 Å². The molecule has 0 radical (unpaired) electrons. The van der Waals surface area contributed by atoms with E-state index in [9.17, 15) is 0 Å². The van der Waals surface area contributed by atoms with Gasteiger partial charge in [-0.1, -0.05) is 6.07 Å². The minimum Gasteiger partial charge on any atom is -0.354 e. The van der Waals surface area contributed by atoms with Crippen LogP contribution in [0.25, 0.3) is 0 Å². The van der Waals surface area contributed by atoms with Crippen LogP contribution in [0, 0.1) is 18.3 Å². The van der Waals surface area contributed by atoms with Gasteiger partial charge in [0.2, 0.25) is 5.95 Å². The van der Waals surface area contributed by atoms with E-state index < -0.39 is 0 Å². The first kappa shape index (κ1) is 12.8. The van der Waals surface area contributed by atoms with E-state index in [2.05, 4.69) is 26.7 Å². The number of aryl methyl sites for hydroxylation is 1. The summed E-state index contributed by atoms with van der Waals surface area (Å²) in [5.41, 5.74) is 2.40. The number of nitrogens with one attached hydrogen (secondary N) is 2. The van der Waals surface area contributed by atoms with Crippen molar-refractivity contribution in [2.75, 3.05) is 17.2 Å². The summed E-state index contributed by atoms with van der Waals surface area (Å²) in [4.78, 5) is 8.59. The summed E-state index contributed by atoms with van der Waals surface area (Å²) in [5.74, 6) is 1.33. The molecular weight excluding hydrogens is 238 g/mol. The van der Waals surface area contributed by atoms with Crippen molar-refractivity contribution in [3.63, 3.8) is 0 Å². The summed E-state index contributed by atoms with van der Waals surface area (Å²) in [7, 11) is 0. The molecule has 0 aliphatic heterocycles. The molecule has 0 spiro atoms. The molecular formula is C14H15N5. The number of hydrogen-bond donors (Lipinski definition) is 2. The van der Waals surface area contributed by atoms with Crippen LogP contribution in [0.1, 0.15) is 18.1 Å². The standard InChI is InChI=1S/C14H15N5/c1-3-16-14-17-9-10(2)13(19-14)18-12-6-4-5-11(7-12)8-15/h4-7,9H,3H2,1-2H3,(H2,16,17,18,19). The average molecular weight is 253 g/mol. The van der Waals surface area contributed by atoms with Gasteiger partial charge in [-0.25, -0.2) is 4.98 Å². The Morgan fingerprint density at radius 1 is 1.37 bits per heavy atom. The van der Waals surface area contributed by atoms with Gasteiger partial charge in [0.25, 0.3) is 0 Å². The van der Waals surface area contributed by atoms with Crippen LogP contribution in [0.3, 0.4) is 0 Å². The molecule has 5 nitrogen and oxygen atoms in total. The van der Waals surface area contributed by atoms with E-state index in [0.717, 1.165) is 23.6 Å². The zero-order chi connectivity index (χ0) is 13.7. The third-order valence-electron chi connectivity index (χ3n) is 2.56. The summed E-state index contributed by atoms with van der Waals surface area (Å²) < 4.78 is 0. The third kappa shape index (κ3) is 3.19. The monoisotopic (exact) mass is 253 g/mol. The van der Waals surface area contributed by atoms with E-state index in [0.29, 0.717) is 11.5 Å². The van der Waals surface area contributed by atoms with Crippen LogP contribution in [0.4, 0.5) is 17.5 Å². The van der Waals surface area contributed by atoms with Crippen molar-refractivity contribution >= 4 is 17.5 Å². The molecule has 5 heteroatoms. The predicted molar refractivity (Wildman–Crippen MR) is 75.4 cm³/mol. The molecule has 0 amide bonds. The van der Waals surface area contributed by atoms with Gasteiger partial charge in [0.1, 0.15) is 5.82 Å². The molecule has 2 N–H and O–H groups in total. The Kier molecular flexibility index (Phi) is 3.94. The number of hydrogen-bond acceptors (Lipinski definition) is 5. The Hall–Kier alpha value is -2.61. The molecule has 1 aromatic heterocycles. The first-order valence-electron chi connectivity index (χ1n) is 6.07. The van der Waals surface area contributed by atoms with Crippen molar-refractivity contribution in [1.29, 1.82) is 5.26 Å². The molecule has 0 bridgehead atoms. The van der Waals surface area contributed by atoms with E-state index in [1.807, 2.05) is 26.0 Å². The van der Waals surface area contributed by atoms with E-state index in [4.69, 9.17) is 5.26 Å². The highest BCUT2D eigenvalue weighted by Gasteiger charge is 2.04. The molecule has 0 saturated heterocycles. The molecule has 1 aromatic carbocycles. The summed E-state index contributed by atoms with van der Waals surface area (Å²) in [6, 6.07) is 9.40. The van der Waals surface area contributed by atoms with E-state index in [-0.39, 0.29) is 0 Å². The molecule has 96 valence electrons. The van der Waals surface area contributed by atoms with Crippen molar-refractivity contribution in [1.82, 2.24) is 9.97 Å². The molecule has 0 aliphatic carbocycles. The quantitative estimate of drug-likeness (QED) is 0.876. The molecule has 1 heterocycles. The van der Waals surface area contributed by atoms with E-state index in [1.165, 1.54) is 0 Å². The third-order valence-corrected chi connectivity index (χ3v) is 2.56. The lowest BCUT2D eigenvalue weighted by Gasteiger charge is -2.10. The highest BCUT2D eigenvalue weighted by Crippen LogP contribution is 2.19. The maximum atomic E-state index is 8.88. The fraction of sp³-hybridized carbons (Fsp3) is 0.214. The number of benzene rings is 1. The van der Waals surface area contributed by atoms with Gasteiger partial charge < -0.3 is 10.6 Å². The smallest absolute Gasteiger partial charge is 0.224 e. The summed E-state index contributed by atoms with van der Waals surface area (Å²) in [5, 5.41) is 15.2. The van der Waals surface area contributed by atoms with Gasteiger partial charge in [0.15, 0.2) is 0 Å². The fourth-order valence-corrected chi connectivity index (χ4v) is 1.62. The fourth-order valence-electron chi connectivity index (χ4n) is 1.62. The lowest BCUT2D eigenvalue weighted by Crippen LogP contribution is -2.05. The van der Waals surface area contributed by atoms with Gasteiger partial charge in [-0.3, -0.25) is 0 Å². The van der Waals surface area contributed by atoms with Gasteiger partial charge >= 0.3 is 0 Å². The van der Waals surface area contributed by atoms with Gasteiger partial charge in [-0.05, 0) is 32.0 Å². The molecule has 0 unspecified atom stereocenters. The second kappa shape index (κ2) is 5.83. The maximum Gasteiger partial charge on any atom is 0.224 e. The lowest BCUT2D eigenvalue weighted by molar-refractivity contribution is 1.07. The Balaban J connectivity index is 2.26. The molecule has 0 saturated carbocycles. The van der Waals surface area contributed by atoms with Crippen LogP contribution >= 0.6 is 0 Å². The van der Waals surface area contributed by atoms with Crippen LogP contribution in [0.2, 0.25) is 0 Å². The summed E-state index contributed by atoms with van der Waals surface area (Å²) >= 11 is 0. The van der Waals surface area contributed by atoms with Crippen molar-refractivity contribution in [3.8, 4) is 6.07 Å². The normalized spacial score (nSPS) is 9.74. The van der Waals surface area contributed by atoms with Crippen LogP contribution in [-0.4, -0.2) is 16.5 Å². The van der Waals surface area contributed by atoms with Crippen molar-refractivity contribution in [2.45, 2.75) is 13.8 Å². The molecule has 2 aromatic rings. The van der Waals surface area contributed by atoms with Crippen LogP contribution in [-0.2, 0) is 0 Å². The molecule has 2 rings (SSSR count). The minimum atomic E-state index is 0.590. The molecule has 0 aliphatic rings. The summed E-state index contributed by atoms with van der Waals surface area (Å²) in [6.07, 6.45) is 1.77. The zero-order valence-corrected chi connectivity index (χ0v) is 10.9. The van der Waals surface area contributed by atoms with Crippen molar-refractivity contribution in [3.05, 3.63) is 41.6 Å². The molecule has 19 heavy (non-hydrogen) atoms. The molecule has 0 fully saturated rings. The summed E-state index contributed by atoms with van der Waals surface area (Å²) in [6.45, 7) is 4.70. The minimum absolute atomic E-state index is 0.590. The Bertz CT molecular complexity index is 615. The first-order valence-corrected chi connectivity index (χ1v) is 6.07. The van der Waals surface area contributed by atoms with Gasteiger partial charge in [0.05, 0.1) is 11.6 Å². The van der Waals surface area contributed by atoms with Gasteiger partial charge in [-0.2, -0.15) is 10.2 Å². The first-order chi connectivity index (χ1) is 9.22.